The average molecular weight is 297 g/mol. The van der Waals surface area contributed by atoms with Gasteiger partial charge in [-0.1, -0.05) is 6.07 Å². The molecule has 1 N–H and O–H groups in total. The first-order chi connectivity index (χ1) is 10.0. The van der Waals surface area contributed by atoms with Crippen LogP contribution in [0.5, 0.6) is 17.2 Å². The lowest BCUT2D eigenvalue weighted by Gasteiger charge is -2.20. The van der Waals surface area contributed by atoms with Crippen molar-refractivity contribution < 1.29 is 24.1 Å². The molecule has 0 aliphatic heterocycles. The fraction of sp³-hybridized carbons (Fsp3) is 0.533. The lowest BCUT2D eigenvalue weighted by molar-refractivity contribution is -0.137. The Morgan fingerprint density at radius 1 is 1.14 bits per heavy atom. The van der Waals surface area contributed by atoms with Crippen LogP contribution in [0.25, 0.3) is 0 Å². The van der Waals surface area contributed by atoms with Gasteiger partial charge in [-0.15, -0.1) is 0 Å². The van der Waals surface area contributed by atoms with Crippen molar-refractivity contribution in [3.63, 3.8) is 0 Å². The van der Waals surface area contributed by atoms with Gasteiger partial charge in [0.2, 0.25) is 5.75 Å². The molecule has 1 aromatic rings. The Hall–Kier alpha value is -1.95. The molecule has 0 radical (unpaired) electrons. The van der Waals surface area contributed by atoms with Gasteiger partial charge in [0.15, 0.2) is 11.5 Å². The molecule has 6 heteroatoms. The summed E-state index contributed by atoms with van der Waals surface area (Å²) in [4.78, 5) is 12.6. The van der Waals surface area contributed by atoms with Crippen LogP contribution in [0, 0.1) is 0 Å². The number of carboxylic acid groups (broad SMARTS) is 1. The summed E-state index contributed by atoms with van der Waals surface area (Å²) in [5, 5.41) is 8.66. The van der Waals surface area contributed by atoms with Gasteiger partial charge in [-0.2, -0.15) is 0 Å². The van der Waals surface area contributed by atoms with Gasteiger partial charge in [0, 0.05) is 18.5 Å². The molecular formula is C15H23NO5. The van der Waals surface area contributed by atoms with Gasteiger partial charge < -0.3 is 24.2 Å². The largest absolute Gasteiger partial charge is 0.493 e. The fourth-order valence-corrected chi connectivity index (χ4v) is 2.16. The quantitative estimate of drug-likeness (QED) is 0.752. The Morgan fingerprint density at radius 3 is 2.33 bits per heavy atom. The van der Waals surface area contributed by atoms with E-state index in [9.17, 15) is 4.79 Å². The third-order valence-corrected chi connectivity index (χ3v) is 3.16. The Bertz CT molecular complexity index is 475. The number of rotatable bonds is 9. The van der Waals surface area contributed by atoms with E-state index in [-0.39, 0.29) is 6.42 Å². The maximum absolute atomic E-state index is 10.5. The van der Waals surface area contributed by atoms with Gasteiger partial charge in [0.25, 0.3) is 0 Å². The molecule has 6 nitrogen and oxygen atoms in total. The third-order valence-electron chi connectivity index (χ3n) is 3.16. The van der Waals surface area contributed by atoms with Crippen molar-refractivity contribution in [2.75, 3.05) is 34.9 Å². The topological polar surface area (TPSA) is 68.2 Å². The molecule has 0 saturated heterocycles. The summed E-state index contributed by atoms with van der Waals surface area (Å²) in [5.74, 6) is 1.05. The Kier molecular flexibility index (Phi) is 6.81. The van der Waals surface area contributed by atoms with E-state index in [4.69, 9.17) is 19.3 Å². The van der Waals surface area contributed by atoms with Gasteiger partial charge in [-0.3, -0.25) is 4.79 Å². The first kappa shape index (κ1) is 17.1. The zero-order valence-corrected chi connectivity index (χ0v) is 13.0. The number of hydrogen-bond acceptors (Lipinski definition) is 5. The van der Waals surface area contributed by atoms with E-state index in [0.717, 1.165) is 5.56 Å². The molecular weight excluding hydrogens is 274 g/mol. The second kappa shape index (κ2) is 8.36. The van der Waals surface area contributed by atoms with Gasteiger partial charge in [-0.05, 0) is 26.1 Å². The number of methoxy groups -OCH3 is 3. The minimum Gasteiger partial charge on any atom is -0.493 e. The van der Waals surface area contributed by atoms with Crippen LogP contribution < -0.4 is 14.2 Å². The molecule has 0 aliphatic carbocycles. The van der Waals surface area contributed by atoms with Crippen LogP contribution in [0.1, 0.15) is 18.4 Å². The minimum absolute atomic E-state index is 0.174. The van der Waals surface area contributed by atoms with Crippen LogP contribution in [-0.4, -0.2) is 50.9 Å². The predicted octanol–water partition coefficient (Wildman–Crippen LogP) is 2.01. The van der Waals surface area contributed by atoms with E-state index < -0.39 is 5.97 Å². The highest BCUT2D eigenvalue weighted by atomic mass is 16.5. The summed E-state index contributed by atoms with van der Waals surface area (Å²) < 4.78 is 16.0. The standard InChI is InChI=1S/C15H23NO5/c1-16(9-5-6-13(17)18)10-11-7-8-12(19-2)15(21-4)14(11)20-3/h7-8H,5-6,9-10H2,1-4H3,(H,17,18). The van der Waals surface area contributed by atoms with Crippen molar-refractivity contribution in [3.05, 3.63) is 17.7 Å². The second-order valence-electron chi connectivity index (χ2n) is 4.73. The highest BCUT2D eigenvalue weighted by molar-refractivity contribution is 5.66. The van der Waals surface area contributed by atoms with Gasteiger partial charge in [-0.25, -0.2) is 0 Å². The molecule has 0 saturated carbocycles. The minimum atomic E-state index is -0.771. The van der Waals surface area contributed by atoms with Crippen LogP contribution in [0.3, 0.4) is 0 Å². The van der Waals surface area contributed by atoms with Crippen LogP contribution in [0.15, 0.2) is 12.1 Å². The average Bonchev–Trinajstić information content (AvgIpc) is 2.46. The maximum atomic E-state index is 10.5. The lowest BCUT2D eigenvalue weighted by Crippen LogP contribution is -2.20. The number of aliphatic carboxylic acids is 1. The molecule has 0 amide bonds. The molecule has 0 unspecified atom stereocenters. The van der Waals surface area contributed by atoms with Crippen LogP contribution in [0.2, 0.25) is 0 Å². The number of benzene rings is 1. The van der Waals surface area contributed by atoms with E-state index in [2.05, 4.69) is 0 Å². The van der Waals surface area contributed by atoms with Crippen molar-refractivity contribution in [1.29, 1.82) is 0 Å². The molecule has 0 spiro atoms. The van der Waals surface area contributed by atoms with E-state index in [0.29, 0.717) is 36.8 Å². The first-order valence-corrected chi connectivity index (χ1v) is 6.71. The predicted molar refractivity (Wildman–Crippen MR) is 79.3 cm³/mol. The van der Waals surface area contributed by atoms with Crippen LogP contribution in [-0.2, 0) is 11.3 Å². The molecule has 1 aromatic carbocycles. The Labute approximate surface area is 125 Å². The van der Waals surface area contributed by atoms with E-state index in [1.807, 2.05) is 24.1 Å². The molecule has 0 bridgehead atoms. The zero-order valence-electron chi connectivity index (χ0n) is 13.0. The van der Waals surface area contributed by atoms with Crippen LogP contribution >= 0.6 is 0 Å². The summed E-state index contributed by atoms with van der Waals surface area (Å²) in [6.07, 6.45) is 0.787. The monoisotopic (exact) mass is 297 g/mol. The van der Waals surface area contributed by atoms with Crippen molar-refractivity contribution in [1.82, 2.24) is 4.90 Å². The van der Waals surface area contributed by atoms with Crippen LogP contribution in [0.4, 0.5) is 0 Å². The first-order valence-electron chi connectivity index (χ1n) is 6.71. The van der Waals surface area contributed by atoms with Gasteiger partial charge >= 0.3 is 5.97 Å². The van der Waals surface area contributed by atoms with Crippen molar-refractivity contribution in [3.8, 4) is 17.2 Å². The summed E-state index contributed by atoms with van der Waals surface area (Å²) in [7, 11) is 6.68. The smallest absolute Gasteiger partial charge is 0.303 e. The van der Waals surface area contributed by atoms with E-state index in [1.54, 1.807) is 21.3 Å². The van der Waals surface area contributed by atoms with Crippen molar-refractivity contribution in [2.45, 2.75) is 19.4 Å². The SMILES string of the molecule is COc1ccc(CN(C)CCCC(=O)O)c(OC)c1OC. The van der Waals surface area contributed by atoms with E-state index >= 15 is 0 Å². The summed E-state index contributed by atoms with van der Waals surface area (Å²) in [6.45, 7) is 1.34. The fourth-order valence-electron chi connectivity index (χ4n) is 2.16. The number of carbonyl (C=O) groups is 1. The van der Waals surface area contributed by atoms with E-state index in [1.165, 1.54) is 0 Å². The summed E-state index contributed by atoms with van der Waals surface area (Å²) >= 11 is 0. The summed E-state index contributed by atoms with van der Waals surface area (Å²) in [5.41, 5.74) is 0.966. The zero-order chi connectivity index (χ0) is 15.8. The summed E-state index contributed by atoms with van der Waals surface area (Å²) in [6, 6.07) is 3.76. The molecule has 118 valence electrons. The number of carboxylic acids is 1. The van der Waals surface area contributed by atoms with Gasteiger partial charge in [0.1, 0.15) is 0 Å². The molecule has 0 heterocycles. The van der Waals surface area contributed by atoms with Crippen molar-refractivity contribution in [2.24, 2.45) is 0 Å². The third kappa shape index (κ3) is 4.82. The highest BCUT2D eigenvalue weighted by Crippen LogP contribution is 2.40. The lowest BCUT2D eigenvalue weighted by atomic mass is 10.1. The molecule has 0 aromatic heterocycles. The molecule has 1 rings (SSSR count). The Balaban J connectivity index is 2.80. The van der Waals surface area contributed by atoms with Crippen molar-refractivity contribution >= 4 is 5.97 Å². The second-order valence-corrected chi connectivity index (χ2v) is 4.73. The Morgan fingerprint density at radius 2 is 1.81 bits per heavy atom. The number of hydrogen-bond donors (Lipinski definition) is 1. The molecule has 21 heavy (non-hydrogen) atoms. The highest BCUT2D eigenvalue weighted by Gasteiger charge is 2.16. The maximum Gasteiger partial charge on any atom is 0.303 e. The number of ether oxygens (including phenoxy) is 3. The molecule has 0 atom stereocenters. The molecule has 0 aliphatic rings. The number of nitrogens with zero attached hydrogens (tertiary/aromatic N) is 1. The normalized spacial score (nSPS) is 10.5. The van der Waals surface area contributed by atoms with Gasteiger partial charge in [0.05, 0.1) is 21.3 Å². The molecule has 0 fully saturated rings.